The van der Waals surface area contributed by atoms with Crippen LogP contribution in [0.4, 0.5) is 5.69 Å². The molecule has 2 aromatic heterocycles. The molecular formula is C18H16BrN3O3. The number of nitrogens with zero attached hydrogens (tertiary/aromatic N) is 1. The lowest BCUT2D eigenvalue weighted by Gasteiger charge is -2.11. The van der Waals surface area contributed by atoms with Crippen LogP contribution in [0.1, 0.15) is 23.0 Å². The van der Waals surface area contributed by atoms with Crippen molar-refractivity contribution in [1.82, 2.24) is 9.97 Å². The summed E-state index contributed by atoms with van der Waals surface area (Å²) >= 11 is 3.44. The van der Waals surface area contributed by atoms with Crippen LogP contribution in [0.5, 0.6) is 0 Å². The van der Waals surface area contributed by atoms with E-state index in [-0.39, 0.29) is 24.0 Å². The van der Waals surface area contributed by atoms with Crippen molar-refractivity contribution in [3.05, 3.63) is 58.3 Å². The number of fused-ring (bicyclic) bond motifs is 1. The fourth-order valence-corrected chi connectivity index (χ4v) is 3.00. The third-order valence-corrected chi connectivity index (χ3v) is 4.27. The van der Waals surface area contributed by atoms with Crippen LogP contribution in [-0.2, 0) is 16.0 Å². The zero-order valence-corrected chi connectivity index (χ0v) is 15.1. The number of halogens is 1. The van der Waals surface area contributed by atoms with Crippen molar-refractivity contribution in [3.63, 3.8) is 0 Å². The largest absolute Gasteiger partial charge is 0.466 e. The minimum Gasteiger partial charge on any atom is -0.466 e. The van der Waals surface area contributed by atoms with Crippen molar-refractivity contribution in [2.45, 2.75) is 13.3 Å². The van der Waals surface area contributed by atoms with Crippen molar-refractivity contribution in [2.24, 2.45) is 0 Å². The summed E-state index contributed by atoms with van der Waals surface area (Å²) in [4.78, 5) is 31.6. The Morgan fingerprint density at radius 1 is 1.28 bits per heavy atom. The van der Waals surface area contributed by atoms with E-state index < -0.39 is 0 Å². The van der Waals surface area contributed by atoms with Crippen LogP contribution in [0.15, 0.2) is 47.1 Å². The standard InChI is InChI=1S/C18H16BrN3O3/c1-2-25-16(23)9-11-5-3-4-6-14(11)22-18(24)15-10-13(19)12-7-8-20-17(12)21-15/h3-8,10H,2,9H2,1H3,(H,20,21)(H,22,24). The summed E-state index contributed by atoms with van der Waals surface area (Å²) in [5, 5.41) is 3.72. The predicted octanol–water partition coefficient (Wildman–Crippen LogP) is 3.68. The summed E-state index contributed by atoms with van der Waals surface area (Å²) in [6.45, 7) is 2.08. The van der Waals surface area contributed by atoms with Gasteiger partial charge in [-0.1, -0.05) is 18.2 Å². The molecule has 25 heavy (non-hydrogen) atoms. The first kappa shape index (κ1) is 17.2. The van der Waals surface area contributed by atoms with E-state index in [0.29, 0.717) is 23.5 Å². The zero-order chi connectivity index (χ0) is 17.8. The van der Waals surface area contributed by atoms with Gasteiger partial charge in [0.2, 0.25) is 0 Å². The first-order valence-corrected chi connectivity index (χ1v) is 8.56. The second-order valence-corrected chi connectivity index (χ2v) is 6.18. The van der Waals surface area contributed by atoms with Gasteiger partial charge >= 0.3 is 5.97 Å². The highest BCUT2D eigenvalue weighted by Crippen LogP contribution is 2.24. The van der Waals surface area contributed by atoms with E-state index in [1.54, 1.807) is 37.4 Å². The van der Waals surface area contributed by atoms with Gasteiger partial charge in [-0.25, -0.2) is 4.98 Å². The Balaban J connectivity index is 1.83. The smallest absolute Gasteiger partial charge is 0.310 e. The predicted molar refractivity (Wildman–Crippen MR) is 98.5 cm³/mol. The van der Waals surface area contributed by atoms with Gasteiger partial charge in [-0.3, -0.25) is 9.59 Å². The van der Waals surface area contributed by atoms with Gasteiger partial charge in [-0.2, -0.15) is 0 Å². The molecule has 128 valence electrons. The highest BCUT2D eigenvalue weighted by atomic mass is 79.9. The van der Waals surface area contributed by atoms with Crippen LogP contribution < -0.4 is 5.32 Å². The normalized spacial score (nSPS) is 10.6. The molecule has 2 N–H and O–H groups in total. The second kappa shape index (κ2) is 7.48. The number of carbonyl (C=O) groups is 2. The van der Waals surface area contributed by atoms with Crippen LogP contribution in [0, 0.1) is 0 Å². The molecule has 2 heterocycles. The van der Waals surface area contributed by atoms with Gasteiger partial charge in [0.25, 0.3) is 5.91 Å². The van der Waals surface area contributed by atoms with E-state index in [1.807, 2.05) is 12.1 Å². The van der Waals surface area contributed by atoms with Crippen molar-refractivity contribution >= 4 is 44.5 Å². The van der Waals surface area contributed by atoms with Gasteiger partial charge in [0.15, 0.2) is 0 Å². The van der Waals surface area contributed by atoms with Crippen molar-refractivity contribution in [3.8, 4) is 0 Å². The fraction of sp³-hybridized carbons (Fsp3) is 0.167. The SMILES string of the molecule is CCOC(=O)Cc1ccccc1NC(=O)c1cc(Br)c2cc[nH]c2n1. The van der Waals surface area contributed by atoms with E-state index in [0.717, 1.165) is 9.86 Å². The van der Waals surface area contributed by atoms with Crippen LogP contribution in [0.25, 0.3) is 11.0 Å². The van der Waals surface area contributed by atoms with Crippen molar-refractivity contribution in [2.75, 3.05) is 11.9 Å². The van der Waals surface area contributed by atoms with E-state index in [9.17, 15) is 9.59 Å². The number of carbonyl (C=O) groups excluding carboxylic acids is 2. The van der Waals surface area contributed by atoms with E-state index in [1.165, 1.54) is 0 Å². The maximum Gasteiger partial charge on any atom is 0.310 e. The highest BCUT2D eigenvalue weighted by Gasteiger charge is 2.15. The van der Waals surface area contributed by atoms with Crippen molar-refractivity contribution in [1.29, 1.82) is 0 Å². The molecule has 0 spiro atoms. The topological polar surface area (TPSA) is 84.1 Å². The molecule has 0 radical (unpaired) electrons. The molecule has 7 heteroatoms. The van der Waals surface area contributed by atoms with E-state index >= 15 is 0 Å². The molecule has 1 aromatic carbocycles. The van der Waals surface area contributed by atoms with Crippen LogP contribution in [0.3, 0.4) is 0 Å². The Labute approximate surface area is 152 Å². The second-order valence-electron chi connectivity index (χ2n) is 5.32. The molecule has 3 aromatic rings. The summed E-state index contributed by atoms with van der Waals surface area (Å²) in [5.41, 5.74) is 2.14. The third-order valence-electron chi connectivity index (χ3n) is 3.62. The number of ether oxygens (including phenoxy) is 1. The van der Waals surface area contributed by atoms with Gasteiger partial charge in [-0.05, 0) is 46.6 Å². The number of amides is 1. The lowest BCUT2D eigenvalue weighted by molar-refractivity contribution is -0.142. The molecule has 3 rings (SSSR count). The molecule has 0 bridgehead atoms. The Hall–Kier alpha value is -2.67. The van der Waals surface area contributed by atoms with E-state index in [4.69, 9.17) is 4.74 Å². The summed E-state index contributed by atoms with van der Waals surface area (Å²) in [6.07, 6.45) is 1.86. The maximum absolute atomic E-state index is 12.6. The summed E-state index contributed by atoms with van der Waals surface area (Å²) < 4.78 is 5.75. The zero-order valence-electron chi connectivity index (χ0n) is 13.5. The first-order valence-electron chi connectivity index (χ1n) is 7.77. The quantitative estimate of drug-likeness (QED) is 0.638. The molecule has 0 aliphatic heterocycles. The summed E-state index contributed by atoms with van der Waals surface area (Å²) in [5.74, 6) is -0.689. The number of nitrogens with one attached hydrogen (secondary N) is 2. The number of hydrogen-bond donors (Lipinski definition) is 2. The monoisotopic (exact) mass is 401 g/mol. The van der Waals surface area contributed by atoms with Gasteiger partial charge in [0.05, 0.1) is 13.0 Å². The number of hydrogen-bond acceptors (Lipinski definition) is 4. The molecule has 0 fully saturated rings. The molecule has 0 saturated heterocycles. The number of aromatic amines is 1. The Morgan fingerprint density at radius 2 is 2.08 bits per heavy atom. The third kappa shape index (κ3) is 3.88. The molecular weight excluding hydrogens is 386 g/mol. The maximum atomic E-state index is 12.6. The average Bonchev–Trinajstić information content (AvgIpc) is 3.06. The van der Waals surface area contributed by atoms with Gasteiger partial charge in [-0.15, -0.1) is 0 Å². The van der Waals surface area contributed by atoms with Crippen LogP contribution in [-0.4, -0.2) is 28.5 Å². The molecule has 1 amide bonds. The number of para-hydroxylation sites is 1. The van der Waals surface area contributed by atoms with Gasteiger partial charge < -0.3 is 15.0 Å². The minimum absolute atomic E-state index is 0.0943. The number of rotatable bonds is 5. The summed E-state index contributed by atoms with van der Waals surface area (Å²) in [7, 11) is 0. The minimum atomic E-state index is -0.353. The number of aromatic nitrogens is 2. The molecule has 6 nitrogen and oxygen atoms in total. The Kier molecular flexibility index (Phi) is 5.14. The van der Waals surface area contributed by atoms with Crippen LogP contribution in [0.2, 0.25) is 0 Å². The number of esters is 1. The lowest BCUT2D eigenvalue weighted by atomic mass is 10.1. The molecule has 0 saturated carbocycles. The first-order chi connectivity index (χ1) is 12.1. The Morgan fingerprint density at radius 3 is 2.88 bits per heavy atom. The molecule has 0 atom stereocenters. The lowest BCUT2D eigenvalue weighted by Crippen LogP contribution is -2.16. The highest BCUT2D eigenvalue weighted by molar-refractivity contribution is 9.10. The molecule has 0 aliphatic rings. The molecule has 0 aliphatic carbocycles. The average molecular weight is 402 g/mol. The molecule has 0 unspecified atom stereocenters. The van der Waals surface area contributed by atoms with Crippen LogP contribution >= 0.6 is 15.9 Å². The fourth-order valence-electron chi connectivity index (χ4n) is 2.46. The van der Waals surface area contributed by atoms with Crippen molar-refractivity contribution < 1.29 is 14.3 Å². The Bertz CT molecular complexity index is 936. The number of benzene rings is 1. The van der Waals surface area contributed by atoms with Gasteiger partial charge in [0.1, 0.15) is 11.3 Å². The van der Waals surface area contributed by atoms with Gasteiger partial charge in [0, 0.05) is 21.7 Å². The van der Waals surface area contributed by atoms with E-state index in [2.05, 4.69) is 31.2 Å². The summed E-state index contributed by atoms with van der Waals surface area (Å²) in [6, 6.07) is 10.7. The number of pyridine rings is 1. The number of anilines is 1. The number of H-pyrrole nitrogens is 1.